The Morgan fingerprint density at radius 2 is 1.72 bits per heavy atom. The van der Waals surface area contributed by atoms with Gasteiger partial charge in [0.05, 0.1) is 43.9 Å². The van der Waals surface area contributed by atoms with Gasteiger partial charge in [-0.3, -0.25) is 9.59 Å². The molecule has 0 aliphatic carbocycles. The Morgan fingerprint density at radius 1 is 1.06 bits per heavy atom. The Hall–Kier alpha value is -4.05. The normalized spacial score (nSPS) is 11.3. The number of amides is 1. The molecule has 0 saturated carbocycles. The zero-order valence-electron chi connectivity index (χ0n) is 18.5. The highest BCUT2D eigenvalue weighted by molar-refractivity contribution is 5.96. The zero-order valence-corrected chi connectivity index (χ0v) is 18.5. The predicted molar refractivity (Wildman–Crippen MR) is 120 cm³/mol. The Labute approximate surface area is 187 Å². The van der Waals surface area contributed by atoms with Crippen LogP contribution in [0, 0.1) is 25.2 Å². The van der Waals surface area contributed by atoms with Crippen LogP contribution < -0.4 is 10.1 Å². The first-order chi connectivity index (χ1) is 15.4. The molecule has 1 atom stereocenters. The number of benzene rings is 2. The maximum Gasteiger partial charge on any atom is 0.307 e. The van der Waals surface area contributed by atoms with Crippen molar-refractivity contribution in [3.63, 3.8) is 0 Å². The van der Waals surface area contributed by atoms with Gasteiger partial charge in [0, 0.05) is 17.1 Å². The molecule has 2 aromatic carbocycles. The van der Waals surface area contributed by atoms with Crippen molar-refractivity contribution in [3.8, 4) is 17.5 Å². The second-order valence-electron chi connectivity index (χ2n) is 7.36. The highest BCUT2D eigenvalue weighted by atomic mass is 16.5. The lowest BCUT2D eigenvalue weighted by Crippen LogP contribution is -2.30. The first kappa shape index (κ1) is 22.6. The average Bonchev–Trinajstić information content (AvgIpc) is 3.12. The Kier molecular flexibility index (Phi) is 6.96. The summed E-state index contributed by atoms with van der Waals surface area (Å²) in [5, 5.41) is 12.0. The highest BCUT2D eigenvalue weighted by Crippen LogP contribution is 2.24. The van der Waals surface area contributed by atoms with E-state index in [0.717, 1.165) is 22.6 Å². The molecule has 1 N–H and O–H groups in total. The number of carbonyl (C=O) groups is 2. The monoisotopic (exact) mass is 431 g/mol. The third kappa shape index (κ3) is 4.81. The molecule has 1 aromatic heterocycles. The Bertz CT molecular complexity index is 1160. The molecule has 164 valence electrons. The molecule has 0 aliphatic heterocycles. The minimum Gasteiger partial charge on any atom is -0.497 e. The molecule has 32 heavy (non-hydrogen) atoms. The molecule has 1 amide bonds. The van der Waals surface area contributed by atoms with Gasteiger partial charge in [-0.25, -0.2) is 0 Å². The molecule has 7 heteroatoms. The molecule has 0 saturated heterocycles. The van der Waals surface area contributed by atoms with Gasteiger partial charge in [-0.05, 0) is 61.9 Å². The highest BCUT2D eigenvalue weighted by Gasteiger charge is 2.23. The van der Waals surface area contributed by atoms with E-state index in [4.69, 9.17) is 14.7 Å². The quantitative estimate of drug-likeness (QED) is 0.571. The van der Waals surface area contributed by atoms with Crippen LogP contribution in [-0.4, -0.2) is 30.7 Å². The number of hydrogen-bond acceptors (Lipinski definition) is 5. The van der Waals surface area contributed by atoms with E-state index in [1.54, 1.807) is 31.4 Å². The van der Waals surface area contributed by atoms with Crippen LogP contribution in [0.4, 0.5) is 0 Å². The molecule has 0 aliphatic rings. The van der Waals surface area contributed by atoms with Gasteiger partial charge in [0.25, 0.3) is 5.91 Å². The fraction of sp³-hybridized carbons (Fsp3) is 0.240. The SMILES string of the molecule is COC(=O)CC(NC(=O)c1cc(C)n(-c2ccc(C#N)cc2)c1C)c1ccc(OC)cc1. The molecule has 1 heterocycles. The largest absolute Gasteiger partial charge is 0.497 e. The molecule has 0 radical (unpaired) electrons. The number of aryl methyl sites for hydroxylation is 1. The minimum atomic E-state index is -0.557. The van der Waals surface area contributed by atoms with Crippen molar-refractivity contribution < 1.29 is 19.1 Å². The Balaban J connectivity index is 1.90. The van der Waals surface area contributed by atoms with E-state index in [1.807, 2.05) is 48.7 Å². The fourth-order valence-corrected chi connectivity index (χ4v) is 3.65. The van der Waals surface area contributed by atoms with Gasteiger partial charge in [0.15, 0.2) is 0 Å². The van der Waals surface area contributed by atoms with Crippen LogP contribution in [0.25, 0.3) is 5.69 Å². The van der Waals surface area contributed by atoms with Crippen LogP contribution in [0.3, 0.4) is 0 Å². The predicted octanol–water partition coefficient (Wildman–Crippen LogP) is 4.01. The van der Waals surface area contributed by atoms with Crippen LogP contribution >= 0.6 is 0 Å². The van der Waals surface area contributed by atoms with Crippen molar-refractivity contribution in [1.29, 1.82) is 5.26 Å². The lowest BCUT2D eigenvalue weighted by Gasteiger charge is -2.19. The van der Waals surface area contributed by atoms with Crippen molar-refractivity contribution in [2.45, 2.75) is 26.3 Å². The number of methoxy groups -OCH3 is 2. The average molecular weight is 431 g/mol. The number of nitrogens with one attached hydrogen (secondary N) is 1. The molecule has 0 spiro atoms. The maximum atomic E-state index is 13.2. The van der Waals surface area contributed by atoms with E-state index in [2.05, 4.69) is 11.4 Å². The van der Waals surface area contributed by atoms with Crippen LogP contribution in [0.15, 0.2) is 54.6 Å². The van der Waals surface area contributed by atoms with Crippen molar-refractivity contribution in [2.24, 2.45) is 0 Å². The summed E-state index contributed by atoms with van der Waals surface area (Å²) in [5.41, 5.74) is 4.35. The van der Waals surface area contributed by atoms with E-state index in [-0.39, 0.29) is 12.3 Å². The van der Waals surface area contributed by atoms with Crippen LogP contribution in [0.2, 0.25) is 0 Å². The molecular formula is C25H25N3O4. The van der Waals surface area contributed by atoms with Gasteiger partial charge in [-0.1, -0.05) is 12.1 Å². The van der Waals surface area contributed by atoms with E-state index < -0.39 is 12.0 Å². The Morgan fingerprint density at radius 3 is 2.28 bits per heavy atom. The summed E-state index contributed by atoms with van der Waals surface area (Å²) in [4.78, 5) is 25.2. The van der Waals surface area contributed by atoms with Gasteiger partial charge in [-0.15, -0.1) is 0 Å². The van der Waals surface area contributed by atoms with Gasteiger partial charge in [0.2, 0.25) is 0 Å². The van der Waals surface area contributed by atoms with Crippen molar-refractivity contribution in [2.75, 3.05) is 14.2 Å². The van der Waals surface area contributed by atoms with Gasteiger partial charge in [-0.2, -0.15) is 5.26 Å². The topological polar surface area (TPSA) is 93.4 Å². The number of hydrogen-bond donors (Lipinski definition) is 1. The lowest BCUT2D eigenvalue weighted by atomic mass is 10.0. The van der Waals surface area contributed by atoms with Gasteiger partial charge >= 0.3 is 5.97 Å². The third-order valence-corrected chi connectivity index (χ3v) is 5.35. The minimum absolute atomic E-state index is 0.00291. The van der Waals surface area contributed by atoms with E-state index >= 15 is 0 Å². The molecule has 1 unspecified atom stereocenters. The summed E-state index contributed by atoms with van der Waals surface area (Å²) < 4.78 is 12.0. The van der Waals surface area contributed by atoms with Gasteiger partial charge < -0.3 is 19.4 Å². The summed E-state index contributed by atoms with van der Waals surface area (Å²) >= 11 is 0. The first-order valence-corrected chi connectivity index (χ1v) is 10.1. The standard InChI is InChI=1S/C25H25N3O4/c1-16-13-22(17(2)28(16)20-9-5-18(15-26)6-10-20)25(30)27-23(14-24(29)32-4)19-7-11-21(31-3)12-8-19/h5-13,23H,14H2,1-4H3,(H,27,30). The van der Waals surface area contributed by atoms with Crippen molar-refractivity contribution in [1.82, 2.24) is 9.88 Å². The number of carbonyl (C=O) groups excluding carboxylic acids is 2. The fourth-order valence-electron chi connectivity index (χ4n) is 3.65. The zero-order chi connectivity index (χ0) is 23.3. The summed E-state index contributed by atoms with van der Waals surface area (Å²) in [7, 11) is 2.90. The summed E-state index contributed by atoms with van der Waals surface area (Å²) in [5.74, 6) is -0.0280. The number of rotatable bonds is 7. The van der Waals surface area contributed by atoms with Crippen LogP contribution in [-0.2, 0) is 9.53 Å². The number of esters is 1. The summed E-state index contributed by atoms with van der Waals surface area (Å²) in [6, 6.07) is 17.7. The molecule has 0 bridgehead atoms. The summed E-state index contributed by atoms with van der Waals surface area (Å²) in [6.45, 7) is 3.78. The third-order valence-electron chi connectivity index (χ3n) is 5.35. The number of nitrogens with zero attached hydrogens (tertiary/aromatic N) is 2. The van der Waals surface area contributed by atoms with E-state index in [1.165, 1.54) is 7.11 Å². The summed E-state index contributed by atoms with van der Waals surface area (Å²) in [6.07, 6.45) is 0.00291. The second-order valence-corrected chi connectivity index (χ2v) is 7.36. The van der Waals surface area contributed by atoms with E-state index in [9.17, 15) is 9.59 Å². The van der Waals surface area contributed by atoms with E-state index in [0.29, 0.717) is 16.9 Å². The maximum absolute atomic E-state index is 13.2. The second kappa shape index (κ2) is 9.84. The molecule has 3 aromatic rings. The lowest BCUT2D eigenvalue weighted by molar-refractivity contribution is -0.141. The molecule has 0 fully saturated rings. The number of ether oxygens (including phenoxy) is 2. The van der Waals surface area contributed by atoms with Crippen molar-refractivity contribution in [3.05, 3.63) is 82.7 Å². The van der Waals surface area contributed by atoms with Crippen LogP contribution in [0.1, 0.15) is 45.3 Å². The molecule has 3 rings (SSSR count). The number of nitriles is 1. The number of aromatic nitrogens is 1. The molecule has 7 nitrogen and oxygen atoms in total. The van der Waals surface area contributed by atoms with Crippen LogP contribution in [0.5, 0.6) is 5.75 Å². The molecular weight excluding hydrogens is 406 g/mol. The smallest absolute Gasteiger partial charge is 0.307 e. The first-order valence-electron chi connectivity index (χ1n) is 10.1. The van der Waals surface area contributed by atoms with Crippen molar-refractivity contribution >= 4 is 11.9 Å². The van der Waals surface area contributed by atoms with Gasteiger partial charge in [0.1, 0.15) is 5.75 Å².